The second-order valence-electron chi connectivity index (χ2n) is 7.14. The second-order valence-corrected chi connectivity index (χ2v) is 7.55. The van der Waals surface area contributed by atoms with Crippen LogP contribution in [-0.2, 0) is 21.4 Å². The van der Waals surface area contributed by atoms with Gasteiger partial charge < -0.3 is 15.0 Å². The van der Waals surface area contributed by atoms with E-state index in [0.29, 0.717) is 29.9 Å². The minimum atomic E-state index is -0.178. The molecule has 28 heavy (non-hydrogen) atoms. The monoisotopic (exact) mass is 398 g/mol. The van der Waals surface area contributed by atoms with Gasteiger partial charge in [-0.1, -0.05) is 41.0 Å². The topological polar surface area (TPSA) is 103 Å². The molecule has 4 rings (SSSR count). The zero-order valence-electron chi connectivity index (χ0n) is 15.2. The number of benzene rings is 1. The van der Waals surface area contributed by atoms with Crippen molar-refractivity contribution in [2.24, 2.45) is 0 Å². The summed E-state index contributed by atoms with van der Waals surface area (Å²) in [6, 6.07) is 11.1. The number of nitrogens with two attached hydrogens (primary N) is 1. The Bertz CT molecular complexity index is 1010. The number of hydrogen-bond acceptors (Lipinski definition) is 6. The molecule has 1 amide bonds. The molecule has 7 nitrogen and oxygen atoms in total. The summed E-state index contributed by atoms with van der Waals surface area (Å²) in [6.45, 7) is 3.26. The van der Waals surface area contributed by atoms with E-state index in [0.717, 1.165) is 22.4 Å². The minimum Gasteiger partial charge on any atom is -0.382 e. The number of nitrogen functional groups attached to an aromatic ring is 1. The van der Waals surface area contributed by atoms with Crippen LogP contribution in [0, 0.1) is 0 Å². The van der Waals surface area contributed by atoms with Gasteiger partial charge in [-0.2, -0.15) is 0 Å². The van der Waals surface area contributed by atoms with Crippen molar-refractivity contribution in [1.29, 1.82) is 0 Å². The van der Waals surface area contributed by atoms with Gasteiger partial charge in [0.25, 0.3) is 0 Å². The first-order chi connectivity index (χ1) is 13.4. The number of aromatic nitrogens is 2. The van der Waals surface area contributed by atoms with Gasteiger partial charge in [-0.25, -0.2) is 4.98 Å². The standard InChI is InChI=1S/C20H19ClN4O3/c1-20(10-27-11-20)16-8-18(28-25-16)24-17(26)6-12-2-4-13(5-3-12)14-7-15(21)19(22)23-9-14/h2-5,7-9H,6,10-11H2,1H3,(H2,22,23)(H,24,26). The summed E-state index contributed by atoms with van der Waals surface area (Å²) in [7, 11) is 0. The summed E-state index contributed by atoms with van der Waals surface area (Å²) in [5, 5.41) is 7.19. The van der Waals surface area contributed by atoms with Crippen LogP contribution in [0.2, 0.25) is 5.02 Å². The van der Waals surface area contributed by atoms with Crippen molar-refractivity contribution in [3.8, 4) is 11.1 Å². The van der Waals surface area contributed by atoms with E-state index in [4.69, 9.17) is 26.6 Å². The Kier molecular flexibility index (Phi) is 4.78. The van der Waals surface area contributed by atoms with Gasteiger partial charge in [0.1, 0.15) is 5.82 Å². The molecule has 144 valence electrons. The van der Waals surface area contributed by atoms with Crippen LogP contribution in [0.5, 0.6) is 0 Å². The Morgan fingerprint density at radius 2 is 2.00 bits per heavy atom. The van der Waals surface area contributed by atoms with E-state index in [9.17, 15) is 4.79 Å². The molecule has 0 bridgehead atoms. The molecule has 3 aromatic rings. The van der Waals surface area contributed by atoms with Gasteiger partial charge in [-0.05, 0) is 24.1 Å². The molecule has 3 heterocycles. The largest absolute Gasteiger partial charge is 0.382 e. The number of amides is 1. The minimum absolute atomic E-state index is 0.137. The Labute approximate surface area is 166 Å². The second kappa shape index (κ2) is 7.26. The normalized spacial score (nSPS) is 15.1. The third-order valence-electron chi connectivity index (χ3n) is 4.75. The van der Waals surface area contributed by atoms with Crippen LogP contribution in [0.1, 0.15) is 18.2 Å². The highest BCUT2D eigenvalue weighted by Gasteiger charge is 2.38. The lowest BCUT2D eigenvalue weighted by Gasteiger charge is -2.35. The molecular weight excluding hydrogens is 380 g/mol. The fraction of sp³-hybridized carbons (Fsp3) is 0.250. The van der Waals surface area contributed by atoms with Gasteiger partial charge >= 0.3 is 0 Å². The molecule has 0 unspecified atom stereocenters. The Morgan fingerprint density at radius 1 is 1.25 bits per heavy atom. The quantitative estimate of drug-likeness (QED) is 0.682. The number of pyridine rings is 1. The molecule has 1 fully saturated rings. The molecule has 0 spiro atoms. The summed E-state index contributed by atoms with van der Waals surface area (Å²) in [5.41, 5.74) is 8.96. The fourth-order valence-electron chi connectivity index (χ4n) is 2.96. The van der Waals surface area contributed by atoms with Crippen LogP contribution >= 0.6 is 11.6 Å². The van der Waals surface area contributed by atoms with Crippen molar-refractivity contribution in [3.05, 3.63) is 58.9 Å². The van der Waals surface area contributed by atoms with Gasteiger partial charge in [-0.3, -0.25) is 10.1 Å². The van der Waals surface area contributed by atoms with E-state index >= 15 is 0 Å². The molecule has 0 aliphatic carbocycles. The highest BCUT2D eigenvalue weighted by molar-refractivity contribution is 6.33. The summed E-state index contributed by atoms with van der Waals surface area (Å²) in [4.78, 5) is 16.4. The van der Waals surface area contributed by atoms with Crippen molar-refractivity contribution in [2.75, 3.05) is 24.3 Å². The van der Waals surface area contributed by atoms with E-state index in [1.165, 1.54) is 0 Å². The van der Waals surface area contributed by atoms with Gasteiger partial charge in [0.05, 0.1) is 35.8 Å². The molecular formula is C20H19ClN4O3. The highest BCUT2D eigenvalue weighted by Crippen LogP contribution is 2.32. The lowest BCUT2D eigenvalue weighted by Crippen LogP contribution is -2.44. The molecule has 8 heteroatoms. The molecule has 3 N–H and O–H groups in total. The number of carbonyl (C=O) groups excluding carboxylic acids is 1. The lowest BCUT2D eigenvalue weighted by atomic mass is 9.85. The number of halogens is 1. The number of nitrogens with one attached hydrogen (secondary N) is 1. The number of carbonyl (C=O) groups is 1. The van der Waals surface area contributed by atoms with Crippen LogP contribution < -0.4 is 11.1 Å². The third kappa shape index (κ3) is 3.72. The van der Waals surface area contributed by atoms with Gasteiger partial charge in [0.2, 0.25) is 11.8 Å². The van der Waals surface area contributed by atoms with E-state index in [1.54, 1.807) is 18.3 Å². The average Bonchev–Trinajstić information content (AvgIpc) is 3.11. The van der Waals surface area contributed by atoms with Crippen molar-refractivity contribution in [1.82, 2.24) is 10.1 Å². The Morgan fingerprint density at radius 3 is 2.64 bits per heavy atom. The number of anilines is 2. The van der Waals surface area contributed by atoms with Gasteiger partial charge in [-0.15, -0.1) is 0 Å². The maximum absolute atomic E-state index is 12.3. The smallest absolute Gasteiger partial charge is 0.231 e. The average molecular weight is 399 g/mol. The summed E-state index contributed by atoms with van der Waals surface area (Å²) >= 11 is 6.02. The molecule has 0 saturated carbocycles. The number of nitrogens with zero attached hydrogens (tertiary/aromatic N) is 2. The fourth-order valence-corrected chi connectivity index (χ4v) is 3.13. The van der Waals surface area contributed by atoms with Gasteiger partial charge in [0.15, 0.2) is 0 Å². The molecule has 1 aliphatic rings. The van der Waals surface area contributed by atoms with Crippen LogP contribution in [0.3, 0.4) is 0 Å². The lowest BCUT2D eigenvalue weighted by molar-refractivity contribution is -0.115. The van der Waals surface area contributed by atoms with Crippen molar-refractivity contribution < 1.29 is 14.1 Å². The SMILES string of the molecule is CC1(c2cc(NC(=O)Cc3ccc(-c4cnc(N)c(Cl)c4)cc3)on2)COC1. The summed E-state index contributed by atoms with van der Waals surface area (Å²) < 4.78 is 10.5. The van der Waals surface area contributed by atoms with Crippen LogP contribution in [-0.4, -0.2) is 29.3 Å². The van der Waals surface area contributed by atoms with Crippen LogP contribution in [0.25, 0.3) is 11.1 Å². The van der Waals surface area contributed by atoms with E-state index < -0.39 is 0 Å². The molecule has 1 aliphatic heterocycles. The maximum Gasteiger partial charge on any atom is 0.231 e. The van der Waals surface area contributed by atoms with Crippen molar-refractivity contribution in [2.45, 2.75) is 18.8 Å². The first-order valence-electron chi connectivity index (χ1n) is 8.78. The van der Waals surface area contributed by atoms with E-state index in [1.807, 2.05) is 31.2 Å². The zero-order chi connectivity index (χ0) is 19.7. The number of rotatable bonds is 5. The van der Waals surface area contributed by atoms with Crippen LogP contribution in [0.4, 0.5) is 11.7 Å². The zero-order valence-corrected chi connectivity index (χ0v) is 16.0. The Balaban J connectivity index is 1.39. The molecule has 1 aromatic carbocycles. The first-order valence-corrected chi connectivity index (χ1v) is 9.16. The molecule has 1 saturated heterocycles. The molecule has 2 aromatic heterocycles. The third-order valence-corrected chi connectivity index (χ3v) is 5.06. The van der Waals surface area contributed by atoms with E-state index in [-0.39, 0.29) is 17.7 Å². The van der Waals surface area contributed by atoms with Crippen LogP contribution in [0.15, 0.2) is 47.1 Å². The maximum atomic E-state index is 12.3. The summed E-state index contributed by atoms with van der Waals surface area (Å²) in [5.74, 6) is 0.461. The van der Waals surface area contributed by atoms with Gasteiger partial charge in [0, 0.05) is 17.8 Å². The Hall–Kier alpha value is -2.90. The number of ether oxygens (including phenoxy) is 1. The van der Waals surface area contributed by atoms with E-state index in [2.05, 4.69) is 15.5 Å². The molecule has 0 atom stereocenters. The number of hydrogen-bond donors (Lipinski definition) is 2. The summed E-state index contributed by atoms with van der Waals surface area (Å²) in [6.07, 6.45) is 1.88. The highest BCUT2D eigenvalue weighted by atomic mass is 35.5. The molecule has 0 radical (unpaired) electrons. The van der Waals surface area contributed by atoms with Crippen molar-refractivity contribution >= 4 is 29.2 Å². The van der Waals surface area contributed by atoms with Crippen molar-refractivity contribution in [3.63, 3.8) is 0 Å². The predicted octanol–water partition coefficient (Wildman–Crippen LogP) is 3.44. The predicted molar refractivity (Wildman–Crippen MR) is 106 cm³/mol. The first kappa shape index (κ1) is 18.5.